The molecule has 0 fully saturated rings. The van der Waals surface area contributed by atoms with Crippen molar-refractivity contribution in [3.8, 4) is 0 Å². The van der Waals surface area contributed by atoms with Crippen LogP contribution in [-0.2, 0) is 12.8 Å². The summed E-state index contributed by atoms with van der Waals surface area (Å²) in [6.07, 6.45) is 1.47. The van der Waals surface area contributed by atoms with E-state index in [1.54, 1.807) is 6.07 Å². The lowest BCUT2D eigenvalue weighted by Crippen LogP contribution is -2.47. The minimum atomic E-state index is -0.310. The van der Waals surface area contributed by atoms with Crippen molar-refractivity contribution in [1.82, 2.24) is 10.2 Å². The number of hydrogen-bond acceptors (Lipinski definition) is 2. The van der Waals surface area contributed by atoms with Gasteiger partial charge in [-0.2, -0.15) is 0 Å². The van der Waals surface area contributed by atoms with Gasteiger partial charge >= 0.3 is 6.03 Å². The Kier molecular flexibility index (Phi) is 4.19. The van der Waals surface area contributed by atoms with Crippen molar-refractivity contribution in [2.45, 2.75) is 12.8 Å². The SMILES string of the molecule is O=C(NCCc1ccccc1)N1CCc2ccccc2C1=O. The molecule has 22 heavy (non-hydrogen) atoms. The first-order valence-electron chi connectivity index (χ1n) is 7.47. The predicted octanol–water partition coefficient (Wildman–Crippen LogP) is 2.64. The molecule has 0 saturated heterocycles. The molecule has 0 aromatic heterocycles. The lowest BCUT2D eigenvalue weighted by molar-refractivity contribution is 0.0787. The molecule has 112 valence electrons. The molecule has 0 atom stereocenters. The molecule has 0 aliphatic carbocycles. The number of rotatable bonds is 3. The topological polar surface area (TPSA) is 49.4 Å². The van der Waals surface area contributed by atoms with E-state index < -0.39 is 0 Å². The smallest absolute Gasteiger partial charge is 0.324 e. The molecule has 4 heteroatoms. The molecular weight excluding hydrogens is 276 g/mol. The van der Waals surface area contributed by atoms with Crippen molar-refractivity contribution < 1.29 is 9.59 Å². The van der Waals surface area contributed by atoms with Gasteiger partial charge in [-0.25, -0.2) is 4.79 Å². The van der Waals surface area contributed by atoms with Crippen LogP contribution in [-0.4, -0.2) is 29.9 Å². The fourth-order valence-electron chi connectivity index (χ4n) is 2.67. The maximum absolute atomic E-state index is 12.4. The van der Waals surface area contributed by atoms with Crippen molar-refractivity contribution in [1.29, 1.82) is 0 Å². The fourth-order valence-corrected chi connectivity index (χ4v) is 2.67. The molecule has 0 radical (unpaired) electrons. The molecule has 1 heterocycles. The number of fused-ring (bicyclic) bond motifs is 1. The first-order chi connectivity index (χ1) is 10.8. The molecule has 0 spiro atoms. The zero-order valence-electron chi connectivity index (χ0n) is 12.3. The van der Waals surface area contributed by atoms with E-state index in [1.165, 1.54) is 4.90 Å². The lowest BCUT2D eigenvalue weighted by atomic mass is 9.99. The van der Waals surface area contributed by atoms with Crippen LogP contribution < -0.4 is 5.32 Å². The predicted molar refractivity (Wildman–Crippen MR) is 84.7 cm³/mol. The van der Waals surface area contributed by atoms with Crippen LogP contribution in [0.15, 0.2) is 54.6 Å². The lowest BCUT2D eigenvalue weighted by Gasteiger charge is -2.27. The highest BCUT2D eigenvalue weighted by molar-refractivity contribution is 6.06. The van der Waals surface area contributed by atoms with E-state index in [-0.39, 0.29) is 11.9 Å². The van der Waals surface area contributed by atoms with Gasteiger partial charge in [0.25, 0.3) is 5.91 Å². The van der Waals surface area contributed by atoms with E-state index >= 15 is 0 Å². The third kappa shape index (κ3) is 3.01. The zero-order chi connectivity index (χ0) is 15.4. The van der Waals surface area contributed by atoms with Gasteiger partial charge in [-0.3, -0.25) is 9.69 Å². The van der Waals surface area contributed by atoms with E-state index in [0.717, 1.165) is 17.5 Å². The van der Waals surface area contributed by atoms with Gasteiger partial charge in [0.15, 0.2) is 0 Å². The van der Waals surface area contributed by atoms with E-state index in [0.29, 0.717) is 25.1 Å². The minimum absolute atomic E-state index is 0.209. The number of carbonyl (C=O) groups is 2. The normalized spacial score (nSPS) is 13.6. The van der Waals surface area contributed by atoms with Crippen LogP contribution in [0.25, 0.3) is 0 Å². The van der Waals surface area contributed by atoms with Crippen LogP contribution in [0, 0.1) is 0 Å². The van der Waals surface area contributed by atoms with Crippen molar-refractivity contribution in [2.24, 2.45) is 0 Å². The third-order valence-corrected chi connectivity index (χ3v) is 3.88. The third-order valence-electron chi connectivity index (χ3n) is 3.88. The Balaban J connectivity index is 1.58. The average Bonchev–Trinajstić information content (AvgIpc) is 2.56. The van der Waals surface area contributed by atoms with Crippen LogP contribution in [0.1, 0.15) is 21.5 Å². The number of benzene rings is 2. The van der Waals surface area contributed by atoms with E-state index in [2.05, 4.69) is 5.32 Å². The molecule has 3 rings (SSSR count). The molecule has 1 aliphatic heterocycles. The van der Waals surface area contributed by atoms with Crippen LogP contribution in [0.3, 0.4) is 0 Å². The van der Waals surface area contributed by atoms with Gasteiger partial charge in [-0.05, 0) is 30.0 Å². The number of nitrogens with zero attached hydrogens (tertiary/aromatic N) is 1. The van der Waals surface area contributed by atoms with Crippen molar-refractivity contribution in [3.05, 3.63) is 71.3 Å². The van der Waals surface area contributed by atoms with Crippen LogP contribution in [0.5, 0.6) is 0 Å². The minimum Gasteiger partial charge on any atom is -0.337 e. The highest BCUT2D eigenvalue weighted by Gasteiger charge is 2.28. The number of urea groups is 1. The van der Waals surface area contributed by atoms with Crippen molar-refractivity contribution >= 4 is 11.9 Å². The van der Waals surface area contributed by atoms with Crippen molar-refractivity contribution in [3.63, 3.8) is 0 Å². The van der Waals surface area contributed by atoms with Gasteiger partial charge in [0.1, 0.15) is 0 Å². The van der Waals surface area contributed by atoms with Crippen LogP contribution in [0.2, 0.25) is 0 Å². The highest BCUT2D eigenvalue weighted by atomic mass is 16.2. The second kappa shape index (κ2) is 6.43. The number of amides is 3. The largest absolute Gasteiger partial charge is 0.337 e. The summed E-state index contributed by atoms with van der Waals surface area (Å²) in [6.45, 7) is 0.960. The van der Waals surface area contributed by atoms with Gasteiger partial charge in [-0.15, -0.1) is 0 Å². The maximum atomic E-state index is 12.4. The Bertz CT molecular complexity index is 682. The Morgan fingerprint density at radius 3 is 2.59 bits per heavy atom. The quantitative estimate of drug-likeness (QED) is 0.946. The molecule has 2 aromatic carbocycles. The summed E-state index contributed by atoms with van der Waals surface area (Å²) < 4.78 is 0. The van der Waals surface area contributed by atoms with Gasteiger partial charge in [-0.1, -0.05) is 48.5 Å². The second-order valence-corrected chi connectivity index (χ2v) is 5.33. The van der Waals surface area contributed by atoms with E-state index in [1.807, 2.05) is 48.5 Å². The number of nitrogens with one attached hydrogen (secondary N) is 1. The van der Waals surface area contributed by atoms with Gasteiger partial charge in [0, 0.05) is 18.7 Å². The molecule has 0 unspecified atom stereocenters. The summed E-state index contributed by atoms with van der Waals surface area (Å²) >= 11 is 0. The monoisotopic (exact) mass is 294 g/mol. The summed E-state index contributed by atoms with van der Waals surface area (Å²) in [4.78, 5) is 25.9. The number of imide groups is 1. The number of hydrogen-bond donors (Lipinski definition) is 1. The van der Waals surface area contributed by atoms with Gasteiger partial charge in [0.2, 0.25) is 0 Å². The summed E-state index contributed by atoms with van der Waals surface area (Å²) in [5, 5.41) is 2.83. The standard InChI is InChI=1S/C18H18N2O2/c21-17-16-9-5-4-8-15(16)11-13-20(17)18(22)19-12-10-14-6-2-1-3-7-14/h1-9H,10-13H2,(H,19,22). The zero-order valence-corrected chi connectivity index (χ0v) is 12.3. The van der Waals surface area contributed by atoms with E-state index in [4.69, 9.17) is 0 Å². The molecule has 1 aliphatic rings. The molecule has 2 aromatic rings. The molecule has 3 amide bonds. The van der Waals surface area contributed by atoms with Gasteiger partial charge < -0.3 is 5.32 Å². The average molecular weight is 294 g/mol. The Labute approximate surface area is 129 Å². The Morgan fingerprint density at radius 1 is 1.05 bits per heavy atom. The summed E-state index contributed by atoms with van der Waals surface area (Å²) in [5.41, 5.74) is 2.81. The second-order valence-electron chi connectivity index (χ2n) is 5.33. The molecule has 0 saturated carbocycles. The van der Waals surface area contributed by atoms with E-state index in [9.17, 15) is 9.59 Å². The van der Waals surface area contributed by atoms with Crippen molar-refractivity contribution in [2.75, 3.05) is 13.1 Å². The summed E-state index contributed by atoms with van der Waals surface area (Å²) in [6, 6.07) is 17.1. The van der Waals surface area contributed by atoms with Crippen LogP contribution >= 0.6 is 0 Å². The molecule has 1 N–H and O–H groups in total. The Hall–Kier alpha value is -2.62. The first kappa shape index (κ1) is 14.3. The molecule has 0 bridgehead atoms. The molecular formula is C18H18N2O2. The van der Waals surface area contributed by atoms with Crippen LogP contribution in [0.4, 0.5) is 4.79 Å². The number of carbonyl (C=O) groups excluding carboxylic acids is 2. The summed E-state index contributed by atoms with van der Waals surface area (Å²) in [5.74, 6) is -0.209. The fraction of sp³-hybridized carbons (Fsp3) is 0.222. The molecule has 4 nitrogen and oxygen atoms in total. The first-order valence-corrected chi connectivity index (χ1v) is 7.47. The van der Waals surface area contributed by atoms with Gasteiger partial charge in [0.05, 0.1) is 0 Å². The Morgan fingerprint density at radius 2 is 1.77 bits per heavy atom. The summed E-state index contributed by atoms with van der Waals surface area (Å²) in [7, 11) is 0. The maximum Gasteiger partial charge on any atom is 0.324 e. The highest BCUT2D eigenvalue weighted by Crippen LogP contribution is 2.18.